The monoisotopic (exact) mass is 470 g/mol. The highest BCUT2D eigenvalue weighted by molar-refractivity contribution is 6.33. The number of nitrogens with zero attached hydrogens (tertiary/aromatic N) is 13. The lowest BCUT2D eigenvalue weighted by atomic mass is 10.9. The van der Waals surface area contributed by atoms with Crippen molar-refractivity contribution >= 4 is 58.0 Å². The average Bonchev–Trinajstić information content (AvgIpc) is 3.30. The third-order valence-corrected chi connectivity index (χ3v) is 2.79. The van der Waals surface area contributed by atoms with E-state index in [4.69, 9.17) is 58.0 Å². The molecule has 4 heterocycles. The number of halogens is 5. The molecule has 0 saturated carbocycles. The van der Waals surface area contributed by atoms with E-state index in [0.29, 0.717) is 0 Å². The Bertz CT molecular complexity index is 858. The maximum absolute atomic E-state index is 5.54. The SMILES string of the molecule is Clc1nc(Cl)nc(-n2cnnn2)n1.Clc1nc(Cl)nc(Cl)n1.c1nn[nH]n1. The van der Waals surface area contributed by atoms with Gasteiger partial charge in [0, 0.05) is 0 Å². The summed E-state index contributed by atoms with van der Waals surface area (Å²) in [7, 11) is 0. The Balaban J connectivity index is 0.000000161. The molecular weight excluding hydrogens is 469 g/mol. The van der Waals surface area contributed by atoms with Crippen LogP contribution in [-0.4, -0.2) is 70.7 Å². The second-order valence-corrected chi connectivity index (χ2v) is 5.32. The van der Waals surface area contributed by atoms with E-state index in [1.807, 2.05) is 0 Å². The Morgan fingerprint density at radius 3 is 1.56 bits per heavy atom. The van der Waals surface area contributed by atoms with E-state index in [2.05, 4.69) is 66.1 Å². The van der Waals surface area contributed by atoms with Gasteiger partial charge in [-0.05, 0) is 68.4 Å². The van der Waals surface area contributed by atoms with Crippen molar-refractivity contribution in [1.29, 1.82) is 0 Å². The molecule has 4 aromatic rings. The lowest BCUT2D eigenvalue weighted by molar-refractivity contribution is 0.741. The molecule has 0 saturated heterocycles. The third-order valence-electron chi connectivity index (χ3n) is 1.95. The van der Waals surface area contributed by atoms with Crippen LogP contribution in [0.3, 0.4) is 0 Å². The van der Waals surface area contributed by atoms with E-state index >= 15 is 0 Å². The van der Waals surface area contributed by atoms with Crippen molar-refractivity contribution in [3.63, 3.8) is 0 Å². The van der Waals surface area contributed by atoms with E-state index in [1.54, 1.807) is 0 Å². The van der Waals surface area contributed by atoms with E-state index in [9.17, 15) is 0 Å². The zero-order valence-electron chi connectivity index (χ0n) is 12.4. The van der Waals surface area contributed by atoms with Crippen LogP contribution < -0.4 is 0 Å². The fraction of sp³-hybridized carbons (Fsp3) is 0. The molecule has 1 N–H and O–H groups in total. The first kappa shape index (κ1) is 20.9. The third kappa shape index (κ3) is 7.79. The van der Waals surface area contributed by atoms with E-state index in [0.717, 1.165) is 0 Å². The summed E-state index contributed by atoms with van der Waals surface area (Å²) in [6.45, 7) is 0. The summed E-state index contributed by atoms with van der Waals surface area (Å²) in [6, 6.07) is 0. The molecule has 14 nitrogen and oxygen atoms in total. The standard InChI is InChI=1S/C4HCl2N7.C3Cl3N3.CH2N4/c5-2-8-3(6)10-4(9-2)13-1-7-11-12-13;4-1-7-2(5)9-3(6)8-1;1-2-4-5-3-1/h1H;;1H,(H,2,3,4,5). The zero-order valence-corrected chi connectivity index (χ0v) is 16.1. The molecule has 0 aliphatic heterocycles. The summed E-state index contributed by atoms with van der Waals surface area (Å²) < 4.78 is 1.22. The summed E-state index contributed by atoms with van der Waals surface area (Å²) in [4.78, 5) is 21.5. The molecule has 140 valence electrons. The normalized spacial score (nSPS) is 9.67. The number of hydrogen-bond donors (Lipinski definition) is 1. The smallest absolute Gasteiger partial charge is 0.187 e. The van der Waals surface area contributed by atoms with E-state index in [-0.39, 0.29) is 32.4 Å². The zero-order chi connectivity index (χ0) is 19.6. The van der Waals surface area contributed by atoms with Crippen LogP contribution in [0.25, 0.3) is 5.95 Å². The highest BCUT2D eigenvalue weighted by Gasteiger charge is 2.05. The first-order valence-corrected chi connectivity index (χ1v) is 8.02. The summed E-state index contributed by atoms with van der Waals surface area (Å²) in [5, 5.41) is 22.5. The molecule has 0 unspecified atom stereocenters. The molecule has 0 bridgehead atoms. The van der Waals surface area contributed by atoms with Crippen molar-refractivity contribution in [3.05, 3.63) is 39.1 Å². The number of aromatic amines is 1. The van der Waals surface area contributed by atoms with Gasteiger partial charge < -0.3 is 0 Å². The second kappa shape index (κ2) is 10.7. The fourth-order valence-corrected chi connectivity index (χ4v) is 2.07. The molecule has 19 heteroatoms. The van der Waals surface area contributed by atoms with Gasteiger partial charge in [0.15, 0.2) is 6.33 Å². The molecule has 0 aliphatic carbocycles. The van der Waals surface area contributed by atoms with Gasteiger partial charge in [0.2, 0.25) is 26.4 Å². The number of hydrogen-bond acceptors (Lipinski definition) is 12. The molecule has 4 aromatic heterocycles. The van der Waals surface area contributed by atoms with Gasteiger partial charge >= 0.3 is 0 Å². The minimum absolute atomic E-state index is 0.000000000000000444. The number of rotatable bonds is 1. The summed E-state index contributed by atoms with van der Waals surface area (Å²) in [5.74, 6) is 0.176. The first-order chi connectivity index (χ1) is 12.9. The van der Waals surface area contributed by atoms with Gasteiger partial charge in [0.05, 0.1) is 0 Å². The van der Waals surface area contributed by atoms with Crippen molar-refractivity contribution in [2.75, 3.05) is 0 Å². The van der Waals surface area contributed by atoms with Gasteiger partial charge in [0.25, 0.3) is 5.95 Å². The largest absolute Gasteiger partial charge is 0.259 e. The number of tetrazole rings is 2. The van der Waals surface area contributed by atoms with Crippen molar-refractivity contribution in [2.24, 2.45) is 0 Å². The second-order valence-electron chi connectivity index (χ2n) is 3.63. The lowest BCUT2D eigenvalue weighted by Crippen LogP contribution is -2.03. The molecule has 0 radical (unpaired) electrons. The van der Waals surface area contributed by atoms with E-state index < -0.39 is 0 Å². The predicted octanol–water partition coefficient (Wildman–Crippen LogP) is 1.19. The van der Waals surface area contributed by atoms with Gasteiger partial charge in [0.1, 0.15) is 6.33 Å². The Morgan fingerprint density at radius 1 is 0.704 bits per heavy atom. The summed E-state index contributed by atoms with van der Waals surface area (Å²) in [5.41, 5.74) is 0. The van der Waals surface area contributed by atoms with Gasteiger partial charge in [-0.2, -0.15) is 39.8 Å². The van der Waals surface area contributed by atoms with Crippen molar-refractivity contribution in [1.82, 2.24) is 70.7 Å². The van der Waals surface area contributed by atoms with E-state index in [1.165, 1.54) is 17.3 Å². The van der Waals surface area contributed by atoms with Crippen LogP contribution in [0.5, 0.6) is 0 Å². The van der Waals surface area contributed by atoms with Crippen LogP contribution in [0, 0.1) is 0 Å². The van der Waals surface area contributed by atoms with Crippen LogP contribution >= 0.6 is 58.0 Å². The molecule has 4 rings (SSSR count). The average molecular weight is 472 g/mol. The Labute approximate surface area is 173 Å². The molecular formula is C8H3Cl5N14. The first-order valence-electron chi connectivity index (χ1n) is 6.13. The van der Waals surface area contributed by atoms with Crippen molar-refractivity contribution in [2.45, 2.75) is 0 Å². The van der Waals surface area contributed by atoms with Gasteiger partial charge in [-0.1, -0.05) is 5.21 Å². The number of H-pyrrole nitrogens is 1. The van der Waals surface area contributed by atoms with Gasteiger partial charge in [-0.15, -0.1) is 15.3 Å². The Hall–Kier alpha value is -2.39. The van der Waals surface area contributed by atoms with Crippen molar-refractivity contribution in [3.8, 4) is 5.95 Å². The van der Waals surface area contributed by atoms with Crippen LogP contribution in [-0.2, 0) is 0 Å². The lowest BCUT2D eigenvalue weighted by Gasteiger charge is -1.96. The highest BCUT2D eigenvalue weighted by Crippen LogP contribution is 2.09. The quantitative estimate of drug-likeness (QED) is 0.419. The molecule has 0 atom stereocenters. The van der Waals surface area contributed by atoms with Crippen molar-refractivity contribution < 1.29 is 0 Å². The number of nitrogens with one attached hydrogen (secondary N) is 1. The maximum atomic E-state index is 5.54. The summed E-state index contributed by atoms with van der Waals surface area (Å²) in [6.07, 6.45) is 2.65. The number of aromatic nitrogens is 14. The maximum Gasteiger partial charge on any atom is 0.259 e. The van der Waals surface area contributed by atoms with Gasteiger partial charge in [-0.3, -0.25) is 0 Å². The van der Waals surface area contributed by atoms with Crippen LogP contribution in [0.2, 0.25) is 26.4 Å². The van der Waals surface area contributed by atoms with Crippen LogP contribution in [0.15, 0.2) is 12.7 Å². The summed E-state index contributed by atoms with van der Waals surface area (Å²) >= 11 is 27.0. The minimum atomic E-state index is -0.00880. The minimum Gasteiger partial charge on any atom is -0.187 e. The molecule has 27 heavy (non-hydrogen) atoms. The van der Waals surface area contributed by atoms with Crippen LogP contribution in [0.1, 0.15) is 0 Å². The fourth-order valence-electron chi connectivity index (χ4n) is 1.10. The molecule has 0 amide bonds. The Morgan fingerprint density at radius 2 is 1.22 bits per heavy atom. The molecule has 0 aliphatic rings. The molecule has 0 fully saturated rings. The Kier molecular flexibility index (Phi) is 8.28. The topological polar surface area (TPSA) is 175 Å². The molecule has 0 spiro atoms. The van der Waals surface area contributed by atoms with Gasteiger partial charge in [-0.25, -0.2) is 0 Å². The predicted molar refractivity (Wildman–Crippen MR) is 91.6 cm³/mol. The molecule has 0 aromatic carbocycles. The van der Waals surface area contributed by atoms with Crippen LogP contribution in [0.4, 0.5) is 0 Å². The highest BCUT2D eigenvalue weighted by atomic mass is 35.5.